The van der Waals surface area contributed by atoms with Crippen LogP contribution in [-0.2, 0) is 6.54 Å². The van der Waals surface area contributed by atoms with Crippen LogP contribution in [0.25, 0.3) is 10.9 Å². The fourth-order valence-electron chi connectivity index (χ4n) is 3.11. The van der Waals surface area contributed by atoms with Gasteiger partial charge in [-0.2, -0.15) is 0 Å². The second-order valence-electron chi connectivity index (χ2n) is 6.66. The van der Waals surface area contributed by atoms with E-state index in [0.29, 0.717) is 17.9 Å². The number of methoxy groups -OCH3 is 2. The zero-order chi connectivity index (χ0) is 19.6. The number of carbonyl (C=O) groups is 1. The third-order valence-electron chi connectivity index (χ3n) is 4.64. The van der Waals surface area contributed by atoms with Crippen molar-refractivity contribution in [3.05, 3.63) is 64.8 Å². The maximum atomic E-state index is 13.0. The normalized spacial score (nSPS) is 10.7. The summed E-state index contributed by atoms with van der Waals surface area (Å²) in [4.78, 5) is 19.3. The number of rotatable bonds is 5. The average molecular weight is 364 g/mol. The summed E-state index contributed by atoms with van der Waals surface area (Å²) in [6.45, 7) is 4.33. The van der Waals surface area contributed by atoms with Gasteiger partial charge in [-0.25, -0.2) is 0 Å². The van der Waals surface area contributed by atoms with Crippen molar-refractivity contribution in [1.29, 1.82) is 0 Å². The van der Waals surface area contributed by atoms with Crippen LogP contribution in [-0.4, -0.2) is 37.1 Å². The molecule has 0 radical (unpaired) electrons. The van der Waals surface area contributed by atoms with Crippen molar-refractivity contribution in [3.8, 4) is 11.5 Å². The molecular weight excluding hydrogens is 340 g/mol. The Kier molecular flexibility index (Phi) is 5.31. The van der Waals surface area contributed by atoms with E-state index in [1.165, 1.54) is 0 Å². The van der Waals surface area contributed by atoms with E-state index >= 15 is 0 Å². The highest BCUT2D eigenvalue weighted by Gasteiger charge is 2.18. The molecule has 0 aliphatic heterocycles. The first-order chi connectivity index (χ1) is 12.9. The number of hydrogen-bond donors (Lipinski definition) is 0. The molecule has 0 unspecified atom stereocenters. The highest BCUT2D eigenvalue weighted by Crippen LogP contribution is 2.26. The molecule has 0 N–H and O–H groups in total. The Labute approximate surface area is 159 Å². The van der Waals surface area contributed by atoms with Crippen LogP contribution in [0.4, 0.5) is 0 Å². The Morgan fingerprint density at radius 2 is 1.81 bits per heavy atom. The van der Waals surface area contributed by atoms with Gasteiger partial charge in [-0.15, -0.1) is 0 Å². The quantitative estimate of drug-likeness (QED) is 0.683. The monoisotopic (exact) mass is 364 g/mol. The van der Waals surface area contributed by atoms with Gasteiger partial charge in [0.2, 0.25) is 0 Å². The molecule has 2 aromatic carbocycles. The van der Waals surface area contributed by atoms with Crippen molar-refractivity contribution < 1.29 is 14.3 Å². The number of benzene rings is 2. The Hall–Kier alpha value is -3.08. The zero-order valence-electron chi connectivity index (χ0n) is 16.4. The van der Waals surface area contributed by atoms with Crippen LogP contribution in [0.1, 0.15) is 27.2 Å². The third kappa shape index (κ3) is 3.87. The van der Waals surface area contributed by atoms with Crippen LogP contribution in [0.15, 0.2) is 42.5 Å². The van der Waals surface area contributed by atoms with Gasteiger partial charge in [0.25, 0.3) is 5.91 Å². The number of aromatic nitrogens is 1. The third-order valence-corrected chi connectivity index (χ3v) is 4.64. The van der Waals surface area contributed by atoms with E-state index in [0.717, 1.165) is 33.5 Å². The standard InChI is InChI=1S/C22H24N2O3/c1-14-6-7-16-11-19(15(2)23-20(16)10-14)22(25)24(3)13-17-8-9-18(26-4)12-21(17)27-5/h6-12H,13H2,1-5H3. The lowest BCUT2D eigenvalue weighted by atomic mass is 10.1. The molecule has 3 rings (SSSR count). The summed E-state index contributed by atoms with van der Waals surface area (Å²) in [6, 6.07) is 13.6. The topological polar surface area (TPSA) is 51.7 Å². The number of amides is 1. The summed E-state index contributed by atoms with van der Waals surface area (Å²) in [5, 5.41) is 0.963. The van der Waals surface area contributed by atoms with E-state index in [1.807, 2.05) is 56.3 Å². The Morgan fingerprint density at radius 1 is 1.04 bits per heavy atom. The van der Waals surface area contributed by atoms with Crippen molar-refractivity contribution in [2.24, 2.45) is 0 Å². The molecular formula is C22H24N2O3. The molecule has 27 heavy (non-hydrogen) atoms. The van der Waals surface area contributed by atoms with Gasteiger partial charge in [0.05, 0.1) is 31.0 Å². The summed E-state index contributed by atoms with van der Waals surface area (Å²) < 4.78 is 10.7. The number of carbonyl (C=O) groups excluding carboxylic acids is 1. The van der Waals surface area contributed by atoms with Crippen LogP contribution < -0.4 is 9.47 Å². The highest BCUT2D eigenvalue weighted by atomic mass is 16.5. The van der Waals surface area contributed by atoms with Crippen LogP contribution in [0.2, 0.25) is 0 Å². The lowest BCUT2D eigenvalue weighted by Gasteiger charge is -2.20. The molecule has 0 spiro atoms. The van der Waals surface area contributed by atoms with Crippen molar-refractivity contribution in [2.75, 3.05) is 21.3 Å². The van der Waals surface area contributed by atoms with Crippen LogP contribution in [0.5, 0.6) is 11.5 Å². The summed E-state index contributed by atoms with van der Waals surface area (Å²) >= 11 is 0. The van der Waals surface area contributed by atoms with E-state index in [1.54, 1.807) is 26.2 Å². The second kappa shape index (κ2) is 7.66. The van der Waals surface area contributed by atoms with Crippen molar-refractivity contribution in [1.82, 2.24) is 9.88 Å². The predicted molar refractivity (Wildman–Crippen MR) is 107 cm³/mol. The minimum Gasteiger partial charge on any atom is -0.497 e. The van der Waals surface area contributed by atoms with Crippen molar-refractivity contribution in [3.63, 3.8) is 0 Å². The molecule has 5 heteroatoms. The number of ether oxygens (including phenoxy) is 2. The lowest BCUT2D eigenvalue weighted by molar-refractivity contribution is 0.0783. The molecule has 0 saturated carbocycles. The zero-order valence-corrected chi connectivity index (χ0v) is 16.4. The molecule has 0 bridgehead atoms. The van der Waals surface area contributed by atoms with Gasteiger partial charge in [0.15, 0.2) is 0 Å². The minimum atomic E-state index is -0.0691. The number of aryl methyl sites for hydroxylation is 2. The maximum absolute atomic E-state index is 13.0. The van der Waals surface area contributed by atoms with E-state index in [2.05, 4.69) is 4.98 Å². The van der Waals surface area contributed by atoms with Crippen LogP contribution >= 0.6 is 0 Å². The summed E-state index contributed by atoms with van der Waals surface area (Å²) in [5.74, 6) is 1.34. The van der Waals surface area contributed by atoms with Gasteiger partial charge in [0, 0.05) is 30.6 Å². The molecule has 1 aromatic heterocycles. The molecule has 5 nitrogen and oxygen atoms in total. The average Bonchev–Trinajstić information content (AvgIpc) is 2.67. The first kappa shape index (κ1) is 18.7. The lowest BCUT2D eigenvalue weighted by Crippen LogP contribution is -2.27. The first-order valence-corrected chi connectivity index (χ1v) is 8.77. The molecule has 1 amide bonds. The van der Waals surface area contributed by atoms with Crippen LogP contribution in [0.3, 0.4) is 0 Å². The fraction of sp³-hybridized carbons (Fsp3) is 0.273. The van der Waals surface area contributed by atoms with Gasteiger partial charge in [0.1, 0.15) is 11.5 Å². The largest absolute Gasteiger partial charge is 0.497 e. The van der Waals surface area contributed by atoms with Gasteiger partial charge in [-0.1, -0.05) is 12.1 Å². The predicted octanol–water partition coefficient (Wildman–Crippen LogP) is 4.14. The molecule has 0 aliphatic carbocycles. The van der Waals surface area contributed by atoms with Gasteiger partial charge >= 0.3 is 0 Å². The maximum Gasteiger partial charge on any atom is 0.255 e. The van der Waals surface area contributed by atoms with E-state index in [-0.39, 0.29) is 5.91 Å². The number of fused-ring (bicyclic) bond motifs is 1. The SMILES string of the molecule is COc1ccc(CN(C)C(=O)c2cc3ccc(C)cc3nc2C)c(OC)c1. The summed E-state index contributed by atoms with van der Waals surface area (Å²) in [6.07, 6.45) is 0. The molecule has 0 saturated heterocycles. The number of nitrogens with zero attached hydrogens (tertiary/aromatic N) is 2. The van der Waals surface area contributed by atoms with Gasteiger partial charge in [-0.05, 0) is 43.7 Å². The second-order valence-corrected chi connectivity index (χ2v) is 6.66. The Bertz CT molecular complexity index is 998. The van der Waals surface area contributed by atoms with Gasteiger partial charge < -0.3 is 14.4 Å². The van der Waals surface area contributed by atoms with Crippen molar-refractivity contribution >= 4 is 16.8 Å². The molecule has 0 atom stereocenters. The molecule has 0 fully saturated rings. The molecule has 1 heterocycles. The summed E-state index contributed by atoms with van der Waals surface area (Å²) in [7, 11) is 5.01. The number of hydrogen-bond acceptors (Lipinski definition) is 4. The minimum absolute atomic E-state index is 0.0691. The van der Waals surface area contributed by atoms with E-state index in [4.69, 9.17) is 9.47 Å². The molecule has 0 aliphatic rings. The fourth-order valence-corrected chi connectivity index (χ4v) is 3.11. The Balaban J connectivity index is 1.88. The van der Waals surface area contributed by atoms with Crippen molar-refractivity contribution in [2.45, 2.75) is 20.4 Å². The molecule has 140 valence electrons. The highest BCUT2D eigenvalue weighted by molar-refractivity contribution is 5.98. The van der Waals surface area contributed by atoms with Crippen LogP contribution in [0, 0.1) is 13.8 Å². The van der Waals surface area contributed by atoms with E-state index in [9.17, 15) is 4.79 Å². The van der Waals surface area contributed by atoms with Gasteiger partial charge in [-0.3, -0.25) is 9.78 Å². The Morgan fingerprint density at radius 3 is 2.52 bits per heavy atom. The number of pyridine rings is 1. The first-order valence-electron chi connectivity index (χ1n) is 8.77. The smallest absolute Gasteiger partial charge is 0.255 e. The van der Waals surface area contributed by atoms with E-state index < -0.39 is 0 Å². The molecule has 3 aromatic rings. The summed E-state index contributed by atoms with van der Waals surface area (Å²) in [5.41, 5.74) is 4.31.